The maximum Gasteiger partial charge on any atom is 0.226 e. The number of aromatic nitrogens is 1. The Morgan fingerprint density at radius 3 is 2.41 bits per heavy atom. The first kappa shape index (κ1) is 31.7. The molecule has 1 aromatic heterocycles. The van der Waals surface area contributed by atoms with Gasteiger partial charge in [0.05, 0.1) is 6.54 Å². The molecule has 2 aromatic rings. The monoisotopic (exact) mass is 626 g/mol. The summed E-state index contributed by atoms with van der Waals surface area (Å²) in [7, 11) is 0. The molecule has 2 unspecified atom stereocenters. The van der Waals surface area contributed by atoms with Gasteiger partial charge in [-0.2, -0.15) is 0 Å². The molecule has 8 atom stereocenters. The molecule has 46 heavy (non-hydrogen) atoms. The maximum absolute atomic E-state index is 14.6. The molecule has 0 aliphatic heterocycles. The number of ketones is 1. The summed E-state index contributed by atoms with van der Waals surface area (Å²) in [5.74, 6) is 2.10. The summed E-state index contributed by atoms with van der Waals surface area (Å²) in [5, 5.41) is 17.0. The molecule has 4 fully saturated rings. The number of carbonyl (C=O) groups excluding carboxylic acids is 2. The van der Waals surface area contributed by atoms with Crippen molar-refractivity contribution in [2.45, 2.75) is 119 Å². The highest BCUT2D eigenvalue weighted by Gasteiger charge is 2.69. The molecule has 1 aromatic carbocycles. The van der Waals surface area contributed by atoms with E-state index in [0.29, 0.717) is 23.2 Å². The minimum atomic E-state index is -0.527. The van der Waals surface area contributed by atoms with Crippen molar-refractivity contribution in [3.05, 3.63) is 47.7 Å². The highest BCUT2D eigenvalue weighted by molar-refractivity contribution is 5.95. The van der Waals surface area contributed by atoms with Gasteiger partial charge in [-0.05, 0) is 127 Å². The van der Waals surface area contributed by atoms with Crippen LogP contribution in [0.3, 0.4) is 0 Å². The predicted molar refractivity (Wildman–Crippen MR) is 179 cm³/mol. The van der Waals surface area contributed by atoms with Gasteiger partial charge in [0.1, 0.15) is 11.4 Å². The van der Waals surface area contributed by atoms with Crippen LogP contribution in [0.4, 0.5) is 0 Å². The molecular weight excluding hydrogens is 572 g/mol. The minimum absolute atomic E-state index is 0.0372. The molecule has 0 bridgehead atoms. The minimum Gasteiger partial charge on any atom is -0.508 e. The van der Waals surface area contributed by atoms with E-state index in [1.807, 2.05) is 6.07 Å². The van der Waals surface area contributed by atoms with Crippen LogP contribution in [0.15, 0.2) is 46.5 Å². The molecule has 5 aliphatic rings. The number of phenols is 1. The van der Waals surface area contributed by atoms with E-state index in [9.17, 15) is 14.7 Å². The summed E-state index contributed by atoms with van der Waals surface area (Å²) >= 11 is 0. The molecule has 7 rings (SSSR count). The van der Waals surface area contributed by atoms with Gasteiger partial charge in [-0.15, -0.1) is 0 Å². The first-order valence-corrected chi connectivity index (χ1v) is 17.8. The van der Waals surface area contributed by atoms with Gasteiger partial charge < -0.3 is 14.9 Å². The van der Waals surface area contributed by atoms with Crippen LogP contribution in [0.5, 0.6) is 5.75 Å². The quantitative estimate of drug-likeness (QED) is 0.353. The van der Waals surface area contributed by atoms with Crippen LogP contribution in [-0.2, 0) is 16.1 Å². The second kappa shape index (κ2) is 10.3. The zero-order valence-electron chi connectivity index (χ0n) is 29.1. The Labute approximate surface area is 275 Å². The average Bonchev–Trinajstić information content (AvgIpc) is 3.47. The topological polar surface area (TPSA) is 92.4 Å². The summed E-state index contributed by atoms with van der Waals surface area (Å²) in [4.78, 5) is 28.5. The molecule has 0 radical (unpaired) electrons. The highest BCUT2D eigenvalue weighted by Crippen LogP contribution is 2.75. The van der Waals surface area contributed by atoms with Crippen LogP contribution in [0.2, 0.25) is 0 Å². The normalized spacial score (nSPS) is 41.3. The third-order valence-electron chi connectivity index (χ3n) is 15.0. The predicted octanol–water partition coefficient (Wildman–Crippen LogP) is 9.03. The highest BCUT2D eigenvalue weighted by atomic mass is 16.5. The van der Waals surface area contributed by atoms with E-state index in [-0.39, 0.29) is 57.1 Å². The molecule has 2 N–H and O–H groups in total. The fraction of sp³-hybridized carbons (Fsp3) is 0.675. The number of allylic oxidation sites excluding steroid dienone is 2. The largest absolute Gasteiger partial charge is 0.508 e. The summed E-state index contributed by atoms with van der Waals surface area (Å²) in [6, 6.07) is 8.68. The van der Waals surface area contributed by atoms with Gasteiger partial charge in [0.15, 0.2) is 11.5 Å². The molecule has 6 heteroatoms. The van der Waals surface area contributed by atoms with Crippen LogP contribution in [0.1, 0.15) is 118 Å². The van der Waals surface area contributed by atoms with Crippen molar-refractivity contribution < 1.29 is 19.2 Å². The molecule has 6 nitrogen and oxygen atoms in total. The molecule has 0 saturated heterocycles. The Bertz CT molecular complexity index is 1590. The number of nitrogens with zero attached hydrogens (tertiary/aromatic N) is 1. The summed E-state index contributed by atoms with van der Waals surface area (Å²) < 4.78 is 5.56. The van der Waals surface area contributed by atoms with E-state index in [4.69, 9.17) is 4.52 Å². The van der Waals surface area contributed by atoms with Crippen molar-refractivity contribution in [1.29, 1.82) is 0 Å². The number of hydrogen-bond donors (Lipinski definition) is 2. The van der Waals surface area contributed by atoms with Gasteiger partial charge >= 0.3 is 0 Å². The van der Waals surface area contributed by atoms with Crippen LogP contribution in [0, 0.1) is 50.2 Å². The standard InChI is InChI=1S/C40H54N2O4/c1-35(2)14-8-15-38(5)32(35)13-16-40(7)33(38)31(44)22-28-29-23-37(4,18-17-36(29,3)19-20-39(28,40)6)34(45)41-24-27-21-30(42-46-27)25-9-11-26(43)12-10-25/h9-12,21-22,29,32-33,43H,8,13-20,23-24H2,1-7H3,(H,41,45)/t29-,32?,33?,36+,37-,38-,39-,40+/m0/s1. The van der Waals surface area contributed by atoms with Gasteiger partial charge in [0, 0.05) is 23.0 Å². The molecule has 5 aliphatic carbocycles. The first-order chi connectivity index (χ1) is 21.5. The van der Waals surface area contributed by atoms with Crippen LogP contribution in [0.25, 0.3) is 11.3 Å². The van der Waals surface area contributed by atoms with Crippen LogP contribution >= 0.6 is 0 Å². The van der Waals surface area contributed by atoms with E-state index < -0.39 is 5.41 Å². The lowest BCUT2D eigenvalue weighted by atomic mass is 9.33. The second-order valence-corrected chi connectivity index (χ2v) is 18.0. The van der Waals surface area contributed by atoms with Crippen molar-refractivity contribution >= 4 is 11.7 Å². The van der Waals surface area contributed by atoms with Crippen LogP contribution < -0.4 is 5.32 Å². The van der Waals surface area contributed by atoms with Crippen molar-refractivity contribution in [2.24, 2.45) is 50.2 Å². The smallest absolute Gasteiger partial charge is 0.226 e. The number of carbonyl (C=O) groups is 2. The fourth-order valence-electron chi connectivity index (χ4n) is 12.0. The number of phenolic OH excluding ortho intramolecular Hbond substituents is 1. The number of amides is 1. The van der Waals surface area contributed by atoms with E-state index in [2.05, 4.69) is 65.0 Å². The van der Waals surface area contributed by atoms with Crippen LogP contribution in [-0.4, -0.2) is 22.0 Å². The molecule has 248 valence electrons. The number of nitrogens with one attached hydrogen (secondary N) is 1. The lowest BCUT2D eigenvalue weighted by Crippen LogP contribution is -2.65. The molecule has 1 heterocycles. The van der Waals surface area contributed by atoms with Crippen molar-refractivity contribution in [2.75, 3.05) is 0 Å². The Morgan fingerprint density at radius 2 is 1.67 bits per heavy atom. The summed E-state index contributed by atoms with van der Waals surface area (Å²) in [6.07, 6.45) is 13.0. The zero-order valence-corrected chi connectivity index (χ0v) is 29.1. The molecule has 0 spiro atoms. The van der Waals surface area contributed by atoms with E-state index in [0.717, 1.165) is 50.5 Å². The Hall–Kier alpha value is -2.89. The van der Waals surface area contributed by atoms with Crippen molar-refractivity contribution in [3.63, 3.8) is 0 Å². The number of fused-ring (bicyclic) bond motifs is 7. The second-order valence-electron chi connectivity index (χ2n) is 18.0. The SMILES string of the molecule is CC1(C)CCC[C@@]2(C)C1CC[C@]1(C)C2C(=O)C=C2[C@@H]3C[C@@](C)(C(=O)NCc4cc(-c5ccc(O)cc5)no4)CC[C@]3(C)CC[C@@]21C. The molecule has 4 saturated carbocycles. The third-order valence-corrected chi connectivity index (χ3v) is 15.0. The van der Waals surface area contributed by atoms with Gasteiger partial charge in [-0.3, -0.25) is 9.59 Å². The van der Waals surface area contributed by atoms with Crippen molar-refractivity contribution in [1.82, 2.24) is 10.5 Å². The summed E-state index contributed by atoms with van der Waals surface area (Å²) in [5.41, 5.74) is 2.67. The Kier molecular flexibility index (Phi) is 7.10. The average molecular weight is 627 g/mol. The molecule has 1 amide bonds. The number of aromatic hydroxyl groups is 1. The summed E-state index contributed by atoms with van der Waals surface area (Å²) in [6.45, 7) is 17.2. The number of rotatable bonds is 4. The zero-order chi connectivity index (χ0) is 32.9. The van der Waals surface area contributed by atoms with E-state index in [1.54, 1.807) is 24.3 Å². The van der Waals surface area contributed by atoms with Gasteiger partial charge in [0.2, 0.25) is 5.91 Å². The van der Waals surface area contributed by atoms with E-state index in [1.165, 1.54) is 24.8 Å². The van der Waals surface area contributed by atoms with Gasteiger partial charge in [0.25, 0.3) is 0 Å². The molecular formula is C40H54N2O4. The lowest BCUT2D eigenvalue weighted by Gasteiger charge is -2.70. The lowest BCUT2D eigenvalue weighted by molar-refractivity contribution is -0.185. The third kappa shape index (κ3) is 4.51. The van der Waals surface area contributed by atoms with Gasteiger partial charge in [-0.1, -0.05) is 65.6 Å². The first-order valence-electron chi connectivity index (χ1n) is 17.8. The Morgan fingerprint density at radius 1 is 0.957 bits per heavy atom. The van der Waals surface area contributed by atoms with Crippen molar-refractivity contribution in [3.8, 4) is 17.0 Å². The fourth-order valence-corrected chi connectivity index (χ4v) is 12.0. The maximum atomic E-state index is 14.6. The number of benzene rings is 1. The van der Waals surface area contributed by atoms with Gasteiger partial charge in [-0.25, -0.2) is 0 Å². The number of hydrogen-bond acceptors (Lipinski definition) is 5. The van der Waals surface area contributed by atoms with E-state index >= 15 is 0 Å². The Balaban J connectivity index is 1.14.